The lowest BCUT2D eigenvalue weighted by Gasteiger charge is -2.19. The fourth-order valence-electron chi connectivity index (χ4n) is 3.94. The molecule has 10 heteroatoms. The van der Waals surface area contributed by atoms with E-state index in [1.165, 1.54) is 23.5 Å². The second-order valence-electron chi connectivity index (χ2n) is 7.98. The van der Waals surface area contributed by atoms with E-state index in [-0.39, 0.29) is 30.3 Å². The highest BCUT2D eigenvalue weighted by Crippen LogP contribution is 2.37. The van der Waals surface area contributed by atoms with Gasteiger partial charge in [-0.1, -0.05) is 23.7 Å². The van der Waals surface area contributed by atoms with E-state index in [0.717, 1.165) is 39.4 Å². The van der Waals surface area contributed by atoms with E-state index in [2.05, 4.69) is 20.2 Å². The highest BCUT2D eigenvalue weighted by atomic mass is 35.5. The first-order chi connectivity index (χ1) is 16.4. The third-order valence-corrected chi connectivity index (χ3v) is 6.89. The van der Waals surface area contributed by atoms with Crippen LogP contribution in [0, 0.1) is 5.82 Å². The molecule has 0 spiro atoms. The Morgan fingerprint density at radius 1 is 1.21 bits per heavy atom. The van der Waals surface area contributed by atoms with Gasteiger partial charge in [0.25, 0.3) is 5.91 Å². The van der Waals surface area contributed by atoms with Crippen molar-refractivity contribution in [2.45, 2.75) is 12.5 Å². The van der Waals surface area contributed by atoms with Gasteiger partial charge in [-0.2, -0.15) is 4.98 Å². The number of thiophene rings is 1. The summed E-state index contributed by atoms with van der Waals surface area (Å²) in [7, 11) is 0. The Kier molecular flexibility index (Phi) is 6.21. The number of halogens is 2. The molecule has 7 nitrogen and oxygen atoms in total. The standard InChI is InChI=1S/C24H21ClFN5O2S/c25-15-3-7-18(8-4-15)33-13-21(32)28-17-9-10-31(12-17)22-19-11-20(14-1-5-16(26)6-2-14)34-23(19)30-24(27)29-22/h1-8,11,17H,9-10,12-13H2,(H,28,32)(H2,27,29,30)/t17-/m1/s1. The van der Waals surface area contributed by atoms with E-state index in [1.54, 1.807) is 36.4 Å². The molecule has 4 aromatic rings. The smallest absolute Gasteiger partial charge is 0.258 e. The van der Waals surface area contributed by atoms with Gasteiger partial charge in [-0.05, 0) is 54.4 Å². The maximum Gasteiger partial charge on any atom is 0.258 e. The number of carbonyl (C=O) groups is 1. The molecule has 1 atom stereocenters. The van der Waals surface area contributed by atoms with Gasteiger partial charge >= 0.3 is 0 Å². The van der Waals surface area contributed by atoms with Crippen LogP contribution in [0.5, 0.6) is 5.75 Å². The molecular formula is C24H21ClFN5O2S. The van der Waals surface area contributed by atoms with Crippen LogP contribution in [0.2, 0.25) is 5.02 Å². The predicted octanol–water partition coefficient (Wildman–Crippen LogP) is 4.51. The van der Waals surface area contributed by atoms with Crippen LogP contribution in [0.25, 0.3) is 20.7 Å². The number of anilines is 2. The molecule has 174 valence electrons. The summed E-state index contributed by atoms with van der Waals surface area (Å²) in [4.78, 5) is 25.1. The topological polar surface area (TPSA) is 93.4 Å². The number of hydrogen-bond donors (Lipinski definition) is 2. The lowest BCUT2D eigenvalue weighted by atomic mass is 10.2. The maximum absolute atomic E-state index is 13.3. The molecule has 3 N–H and O–H groups in total. The monoisotopic (exact) mass is 497 g/mol. The molecule has 3 heterocycles. The number of nitrogen functional groups attached to an aromatic ring is 1. The fraction of sp³-hybridized carbons (Fsp3) is 0.208. The molecule has 1 fully saturated rings. The molecule has 0 saturated carbocycles. The number of ether oxygens (including phenoxy) is 1. The lowest BCUT2D eigenvalue weighted by Crippen LogP contribution is -2.39. The third-order valence-electron chi connectivity index (χ3n) is 5.56. The van der Waals surface area contributed by atoms with Crippen LogP contribution in [0.3, 0.4) is 0 Å². The maximum atomic E-state index is 13.3. The highest BCUT2D eigenvalue weighted by Gasteiger charge is 2.27. The number of amides is 1. The summed E-state index contributed by atoms with van der Waals surface area (Å²) in [6.07, 6.45) is 0.771. The normalized spacial score (nSPS) is 15.6. The number of benzene rings is 2. The number of carbonyl (C=O) groups excluding carboxylic acids is 1. The van der Waals surface area contributed by atoms with E-state index in [0.29, 0.717) is 17.3 Å². The van der Waals surface area contributed by atoms with Gasteiger partial charge in [-0.25, -0.2) is 9.37 Å². The van der Waals surface area contributed by atoms with E-state index < -0.39 is 0 Å². The molecule has 2 aromatic heterocycles. The summed E-state index contributed by atoms with van der Waals surface area (Å²) < 4.78 is 18.8. The summed E-state index contributed by atoms with van der Waals surface area (Å²) in [6, 6.07) is 15.2. The molecular weight excluding hydrogens is 477 g/mol. The van der Waals surface area contributed by atoms with Crippen molar-refractivity contribution in [2.24, 2.45) is 0 Å². The Bertz CT molecular complexity index is 1330. The molecule has 34 heavy (non-hydrogen) atoms. The molecule has 0 bridgehead atoms. The lowest BCUT2D eigenvalue weighted by molar-refractivity contribution is -0.123. The summed E-state index contributed by atoms with van der Waals surface area (Å²) in [5, 5.41) is 4.51. The molecule has 2 aromatic carbocycles. The number of rotatable bonds is 6. The zero-order valence-corrected chi connectivity index (χ0v) is 19.6. The molecule has 1 amide bonds. The van der Waals surface area contributed by atoms with Gasteiger partial charge < -0.3 is 20.7 Å². The van der Waals surface area contributed by atoms with Crippen LogP contribution < -0.4 is 20.7 Å². The first-order valence-corrected chi connectivity index (χ1v) is 11.9. The van der Waals surface area contributed by atoms with Crippen LogP contribution in [-0.4, -0.2) is 41.6 Å². The average molecular weight is 498 g/mol. The zero-order valence-electron chi connectivity index (χ0n) is 18.0. The second kappa shape index (κ2) is 9.44. The largest absolute Gasteiger partial charge is 0.484 e. The van der Waals surface area contributed by atoms with Crippen molar-refractivity contribution in [1.82, 2.24) is 15.3 Å². The van der Waals surface area contributed by atoms with Crippen LogP contribution in [0.1, 0.15) is 6.42 Å². The summed E-state index contributed by atoms with van der Waals surface area (Å²) in [6.45, 7) is 1.24. The minimum atomic E-state index is -0.279. The number of nitrogens with zero attached hydrogens (tertiary/aromatic N) is 3. The van der Waals surface area contributed by atoms with E-state index >= 15 is 0 Å². The van der Waals surface area contributed by atoms with Gasteiger partial charge in [0.2, 0.25) is 5.95 Å². The Hall–Kier alpha value is -3.43. The minimum absolute atomic E-state index is 0.0391. The molecule has 1 aliphatic heterocycles. The van der Waals surface area contributed by atoms with E-state index in [1.807, 2.05) is 6.07 Å². The number of hydrogen-bond acceptors (Lipinski definition) is 7. The van der Waals surface area contributed by atoms with Crippen molar-refractivity contribution in [1.29, 1.82) is 0 Å². The SMILES string of the molecule is Nc1nc(N2CC[C@@H](NC(=O)COc3ccc(Cl)cc3)C2)c2cc(-c3ccc(F)cc3)sc2n1. The Balaban J connectivity index is 1.27. The van der Waals surface area contributed by atoms with Crippen LogP contribution in [0.4, 0.5) is 16.2 Å². The fourth-order valence-corrected chi connectivity index (χ4v) is 5.10. The van der Waals surface area contributed by atoms with Gasteiger partial charge in [0.1, 0.15) is 22.2 Å². The summed E-state index contributed by atoms with van der Waals surface area (Å²) in [5.74, 6) is 1.04. The molecule has 5 rings (SSSR count). The van der Waals surface area contributed by atoms with Gasteiger partial charge in [0.05, 0.1) is 5.39 Å². The van der Waals surface area contributed by atoms with Crippen LogP contribution in [0.15, 0.2) is 54.6 Å². The van der Waals surface area contributed by atoms with Gasteiger partial charge in [0, 0.05) is 29.0 Å². The van der Waals surface area contributed by atoms with Crippen molar-refractivity contribution >= 4 is 50.8 Å². The van der Waals surface area contributed by atoms with E-state index in [4.69, 9.17) is 22.1 Å². The van der Waals surface area contributed by atoms with Gasteiger partial charge in [0.15, 0.2) is 6.61 Å². The number of fused-ring (bicyclic) bond motifs is 1. The van der Waals surface area contributed by atoms with Crippen LogP contribution in [-0.2, 0) is 4.79 Å². The van der Waals surface area contributed by atoms with E-state index in [9.17, 15) is 9.18 Å². The first-order valence-electron chi connectivity index (χ1n) is 10.7. The third kappa shape index (κ3) is 4.90. The molecule has 1 aliphatic rings. The predicted molar refractivity (Wildman–Crippen MR) is 133 cm³/mol. The molecule has 1 saturated heterocycles. The molecule has 0 aliphatic carbocycles. The van der Waals surface area contributed by atoms with Crippen LogP contribution >= 0.6 is 22.9 Å². The Morgan fingerprint density at radius 2 is 1.97 bits per heavy atom. The van der Waals surface area contributed by atoms with Crippen molar-refractivity contribution in [3.63, 3.8) is 0 Å². The highest BCUT2D eigenvalue weighted by molar-refractivity contribution is 7.22. The van der Waals surface area contributed by atoms with Gasteiger partial charge in [-0.15, -0.1) is 11.3 Å². The summed E-state index contributed by atoms with van der Waals surface area (Å²) in [5.41, 5.74) is 6.90. The average Bonchev–Trinajstić information content (AvgIpc) is 3.46. The Labute approximate surface area is 204 Å². The zero-order chi connectivity index (χ0) is 23.7. The van der Waals surface area contributed by atoms with Gasteiger partial charge in [-0.3, -0.25) is 4.79 Å². The number of nitrogens with two attached hydrogens (primary N) is 1. The van der Waals surface area contributed by atoms with Crippen molar-refractivity contribution < 1.29 is 13.9 Å². The minimum Gasteiger partial charge on any atom is -0.484 e. The molecule has 0 unspecified atom stereocenters. The van der Waals surface area contributed by atoms with Crippen molar-refractivity contribution in [2.75, 3.05) is 30.3 Å². The number of nitrogens with one attached hydrogen (secondary N) is 1. The quantitative estimate of drug-likeness (QED) is 0.407. The summed E-state index contributed by atoms with van der Waals surface area (Å²) >= 11 is 7.35. The number of aromatic nitrogens is 2. The molecule has 0 radical (unpaired) electrons. The first kappa shape index (κ1) is 22.4. The van der Waals surface area contributed by atoms with Crippen molar-refractivity contribution in [3.05, 3.63) is 65.4 Å². The Morgan fingerprint density at radius 3 is 2.74 bits per heavy atom. The van der Waals surface area contributed by atoms with Crippen molar-refractivity contribution in [3.8, 4) is 16.2 Å². The second-order valence-corrected chi connectivity index (χ2v) is 9.45.